The average Bonchev–Trinajstić information content (AvgIpc) is 2.41. The second kappa shape index (κ2) is 6.55. The zero-order valence-corrected chi connectivity index (χ0v) is 11.6. The molecule has 0 fully saturated rings. The van der Waals surface area contributed by atoms with Crippen LogP contribution >= 0.6 is 23.2 Å². The van der Waals surface area contributed by atoms with E-state index in [0.717, 1.165) is 11.1 Å². The second-order valence-corrected chi connectivity index (χ2v) is 4.89. The molecule has 1 N–H and O–H groups in total. The van der Waals surface area contributed by atoms with Crippen molar-refractivity contribution in [3.05, 3.63) is 63.9 Å². The van der Waals surface area contributed by atoms with Crippen molar-refractivity contribution in [2.24, 2.45) is 0 Å². The molecule has 0 bridgehead atoms. The zero-order valence-electron chi connectivity index (χ0n) is 10.1. The van der Waals surface area contributed by atoms with Gasteiger partial charge in [-0.15, -0.1) is 0 Å². The molecule has 0 radical (unpaired) electrons. The third-order valence-corrected chi connectivity index (χ3v) is 3.19. The maximum atomic E-state index is 11.8. The Hall–Kier alpha value is -1.58. The molecule has 98 valence electrons. The van der Waals surface area contributed by atoms with Crippen LogP contribution < -0.4 is 5.32 Å². The normalized spacial score (nSPS) is 10.2. The summed E-state index contributed by atoms with van der Waals surface area (Å²) in [6, 6.07) is 8.83. The van der Waals surface area contributed by atoms with E-state index in [1.54, 1.807) is 30.6 Å². The first-order valence-electron chi connectivity index (χ1n) is 5.74. The highest BCUT2D eigenvalue weighted by Gasteiger charge is 2.07. The molecule has 0 spiro atoms. The molecule has 0 aliphatic rings. The van der Waals surface area contributed by atoms with Crippen molar-refractivity contribution >= 4 is 29.1 Å². The molecular formula is C14H12Cl2N2O. The third kappa shape index (κ3) is 4.23. The van der Waals surface area contributed by atoms with Gasteiger partial charge in [0.05, 0.1) is 6.42 Å². The molecule has 2 aromatic rings. The van der Waals surface area contributed by atoms with E-state index in [1.165, 1.54) is 0 Å². The van der Waals surface area contributed by atoms with Crippen LogP contribution in [0.3, 0.4) is 0 Å². The summed E-state index contributed by atoms with van der Waals surface area (Å²) >= 11 is 11.8. The van der Waals surface area contributed by atoms with Crippen molar-refractivity contribution in [1.29, 1.82) is 0 Å². The third-order valence-electron chi connectivity index (χ3n) is 2.61. The van der Waals surface area contributed by atoms with Crippen LogP contribution in [0.15, 0.2) is 42.7 Å². The van der Waals surface area contributed by atoms with Crippen LogP contribution in [0, 0.1) is 0 Å². The Morgan fingerprint density at radius 3 is 2.58 bits per heavy atom. The van der Waals surface area contributed by atoms with Gasteiger partial charge in [0.2, 0.25) is 5.91 Å². The van der Waals surface area contributed by atoms with Crippen molar-refractivity contribution in [2.75, 3.05) is 0 Å². The minimum absolute atomic E-state index is 0.0824. The van der Waals surface area contributed by atoms with E-state index in [-0.39, 0.29) is 12.3 Å². The van der Waals surface area contributed by atoms with Crippen LogP contribution in [0.4, 0.5) is 0 Å². The monoisotopic (exact) mass is 294 g/mol. The predicted molar refractivity (Wildman–Crippen MR) is 76.2 cm³/mol. The van der Waals surface area contributed by atoms with Gasteiger partial charge in [-0.2, -0.15) is 0 Å². The summed E-state index contributed by atoms with van der Waals surface area (Å²) in [7, 11) is 0. The predicted octanol–water partition coefficient (Wildman–Crippen LogP) is 3.25. The maximum absolute atomic E-state index is 11.8. The smallest absolute Gasteiger partial charge is 0.224 e. The zero-order chi connectivity index (χ0) is 13.7. The largest absolute Gasteiger partial charge is 0.352 e. The Morgan fingerprint density at radius 2 is 1.89 bits per heavy atom. The Labute approximate surface area is 121 Å². The van der Waals surface area contributed by atoms with Crippen LogP contribution in [0.25, 0.3) is 0 Å². The number of carbonyl (C=O) groups excluding carboxylic acids is 1. The number of nitrogens with zero attached hydrogens (tertiary/aromatic N) is 1. The topological polar surface area (TPSA) is 42.0 Å². The lowest BCUT2D eigenvalue weighted by atomic mass is 10.1. The minimum atomic E-state index is -0.0824. The molecule has 0 saturated heterocycles. The van der Waals surface area contributed by atoms with Gasteiger partial charge >= 0.3 is 0 Å². The fourth-order valence-electron chi connectivity index (χ4n) is 1.60. The number of benzene rings is 1. The number of aromatic nitrogens is 1. The second-order valence-electron chi connectivity index (χ2n) is 4.04. The Balaban J connectivity index is 1.91. The van der Waals surface area contributed by atoms with Gasteiger partial charge in [0.25, 0.3) is 0 Å². The summed E-state index contributed by atoms with van der Waals surface area (Å²) in [6.45, 7) is 0.479. The van der Waals surface area contributed by atoms with Gasteiger partial charge in [0.1, 0.15) is 0 Å². The number of hydrogen-bond donors (Lipinski definition) is 1. The fraction of sp³-hybridized carbons (Fsp3) is 0.143. The van der Waals surface area contributed by atoms with Gasteiger partial charge < -0.3 is 5.32 Å². The van der Waals surface area contributed by atoms with Crippen LogP contribution in [0.5, 0.6) is 0 Å². The maximum Gasteiger partial charge on any atom is 0.224 e. The van der Waals surface area contributed by atoms with E-state index in [1.807, 2.05) is 12.1 Å². The molecule has 1 amide bonds. The molecule has 2 rings (SSSR count). The van der Waals surface area contributed by atoms with Gasteiger partial charge in [-0.3, -0.25) is 9.78 Å². The molecular weight excluding hydrogens is 283 g/mol. The van der Waals surface area contributed by atoms with Gasteiger partial charge in [-0.05, 0) is 35.4 Å². The van der Waals surface area contributed by atoms with Crippen molar-refractivity contribution in [3.8, 4) is 0 Å². The summed E-state index contributed by atoms with van der Waals surface area (Å²) in [5.41, 5.74) is 1.77. The molecule has 3 nitrogen and oxygen atoms in total. The van der Waals surface area contributed by atoms with Crippen LogP contribution in [0.2, 0.25) is 10.0 Å². The molecule has 1 aromatic carbocycles. The number of carbonyl (C=O) groups is 1. The van der Waals surface area contributed by atoms with Crippen molar-refractivity contribution < 1.29 is 4.79 Å². The highest BCUT2D eigenvalue weighted by molar-refractivity contribution is 6.35. The molecule has 0 saturated carbocycles. The summed E-state index contributed by atoms with van der Waals surface area (Å²) < 4.78 is 0. The van der Waals surface area contributed by atoms with E-state index < -0.39 is 0 Å². The van der Waals surface area contributed by atoms with Crippen LogP contribution in [0.1, 0.15) is 11.1 Å². The first-order chi connectivity index (χ1) is 9.15. The van der Waals surface area contributed by atoms with Crippen LogP contribution in [-0.4, -0.2) is 10.9 Å². The van der Waals surface area contributed by atoms with E-state index in [2.05, 4.69) is 10.3 Å². The first-order valence-corrected chi connectivity index (χ1v) is 6.50. The Bertz CT molecular complexity index is 573. The van der Waals surface area contributed by atoms with Crippen molar-refractivity contribution in [2.45, 2.75) is 13.0 Å². The number of hydrogen-bond acceptors (Lipinski definition) is 2. The molecule has 0 aliphatic carbocycles. The molecule has 1 heterocycles. The lowest BCUT2D eigenvalue weighted by molar-refractivity contribution is -0.120. The summed E-state index contributed by atoms with van der Waals surface area (Å²) in [5, 5.41) is 3.90. The number of halogens is 2. The Kier molecular flexibility index (Phi) is 4.77. The molecule has 5 heteroatoms. The van der Waals surface area contributed by atoms with Crippen molar-refractivity contribution in [3.63, 3.8) is 0 Å². The Morgan fingerprint density at radius 1 is 1.16 bits per heavy atom. The van der Waals surface area contributed by atoms with Gasteiger partial charge in [0.15, 0.2) is 0 Å². The minimum Gasteiger partial charge on any atom is -0.352 e. The average molecular weight is 295 g/mol. The van der Waals surface area contributed by atoms with E-state index in [4.69, 9.17) is 23.2 Å². The van der Waals surface area contributed by atoms with E-state index in [9.17, 15) is 4.79 Å². The summed E-state index contributed by atoms with van der Waals surface area (Å²) in [6.07, 6.45) is 3.62. The number of amides is 1. The number of pyridine rings is 1. The lowest BCUT2D eigenvalue weighted by Gasteiger charge is -2.07. The standard InChI is InChI=1S/C14H12Cl2N2O/c15-12-2-1-11(13(16)8-12)7-14(19)18-9-10-3-5-17-6-4-10/h1-6,8H,7,9H2,(H,18,19). The summed E-state index contributed by atoms with van der Waals surface area (Å²) in [4.78, 5) is 15.7. The molecule has 0 aliphatic heterocycles. The van der Waals surface area contributed by atoms with Gasteiger partial charge in [-0.1, -0.05) is 29.3 Å². The van der Waals surface area contributed by atoms with Crippen LogP contribution in [-0.2, 0) is 17.8 Å². The van der Waals surface area contributed by atoms with E-state index in [0.29, 0.717) is 16.6 Å². The number of nitrogens with one attached hydrogen (secondary N) is 1. The quantitative estimate of drug-likeness (QED) is 0.940. The summed E-state index contributed by atoms with van der Waals surface area (Å²) in [5.74, 6) is -0.0824. The fourth-order valence-corrected chi connectivity index (χ4v) is 2.08. The van der Waals surface area contributed by atoms with Gasteiger partial charge in [-0.25, -0.2) is 0 Å². The highest BCUT2D eigenvalue weighted by atomic mass is 35.5. The van der Waals surface area contributed by atoms with E-state index >= 15 is 0 Å². The molecule has 0 atom stereocenters. The lowest BCUT2D eigenvalue weighted by Crippen LogP contribution is -2.24. The van der Waals surface area contributed by atoms with Crippen molar-refractivity contribution in [1.82, 2.24) is 10.3 Å². The molecule has 1 aromatic heterocycles. The highest BCUT2D eigenvalue weighted by Crippen LogP contribution is 2.21. The SMILES string of the molecule is O=C(Cc1ccc(Cl)cc1Cl)NCc1ccncc1. The number of rotatable bonds is 4. The first kappa shape index (κ1) is 13.8. The van der Waals surface area contributed by atoms with Gasteiger partial charge in [0, 0.05) is 29.0 Å². The molecule has 0 unspecified atom stereocenters. The molecule has 19 heavy (non-hydrogen) atoms.